The molecule has 5 heteroatoms. The van der Waals surface area contributed by atoms with Gasteiger partial charge in [0.2, 0.25) is 11.7 Å². The summed E-state index contributed by atoms with van der Waals surface area (Å²) in [5, 5.41) is 3.97. The summed E-state index contributed by atoms with van der Waals surface area (Å²) in [6.07, 6.45) is 1.84. The molecule has 2 rings (SSSR count). The number of aryl methyl sites for hydroxylation is 1. The molecule has 2 N–H and O–H groups in total. The van der Waals surface area contributed by atoms with E-state index in [-0.39, 0.29) is 11.7 Å². The second-order valence-electron chi connectivity index (χ2n) is 4.75. The lowest BCUT2D eigenvalue weighted by atomic mass is 10.1. The molecular weight excluding hydrogens is 245 g/mol. The molecule has 2 aromatic rings. The maximum Gasteiger partial charge on any atom is 0.229 e. The van der Waals surface area contributed by atoms with Gasteiger partial charge in [0, 0.05) is 11.5 Å². The van der Waals surface area contributed by atoms with Crippen molar-refractivity contribution in [2.45, 2.75) is 32.6 Å². The fourth-order valence-electron chi connectivity index (χ4n) is 1.97. The number of benzene rings is 1. The zero-order chi connectivity index (χ0) is 13.8. The highest BCUT2D eigenvalue weighted by atomic mass is 19.1. The molecule has 102 valence electrons. The van der Waals surface area contributed by atoms with Crippen LogP contribution in [-0.4, -0.2) is 16.7 Å². The van der Waals surface area contributed by atoms with Gasteiger partial charge in [0.05, 0.1) is 0 Å². The molecule has 0 radical (unpaired) electrons. The van der Waals surface area contributed by atoms with E-state index in [2.05, 4.69) is 10.1 Å². The summed E-state index contributed by atoms with van der Waals surface area (Å²) >= 11 is 0. The standard InChI is InChI=1S/C14H18FN3O/c1-9(4-3-7-16)14-17-13(18-19-14)12-6-5-11(15)8-10(12)2/h5-6,8-9H,3-4,7,16H2,1-2H3. The van der Waals surface area contributed by atoms with E-state index in [1.54, 1.807) is 6.07 Å². The van der Waals surface area contributed by atoms with E-state index >= 15 is 0 Å². The van der Waals surface area contributed by atoms with Crippen LogP contribution in [0.4, 0.5) is 4.39 Å². The van der Waals surface area contributed by atoms with Crippen LogP contribution in [-0.2, 0) is 0 Å². The number of hydrogen-bond donors (Lipinski definition) is 1. The van der Waals surface area contributed by atoms with Gasteiger partial charge in [-0.3, -0.25) is 0 Å². The fraction of sp³-hybridized carbons (Fsp3) is 0.429. The summed E-state index contributed by atoms with van der Waals surface area (Å²) < 4.78 is 18.3. The Bertz CT molecular complexity index is 553. The molecule has 0 bridgehead atoms. The smallest absolute Gasteiger partial charge is 0.229 e. The summed E-state index contributed by atoms with van der Waals surface area (Å²) in [5.74, 6) is 1.03. The molecule has 0 saturated heterocycles. The van der Waals surface area contributed by atoms with E-state index in [4.69, 9.17) is 10.3 Å². The van der Waals surface area contributed by atoms with E-state index in [0.717, 1.165) is 24.0 Å². The second kappa shape index (κ2) is 5.93. The first-order valence-electron chi connectivity index (χ1n) is 6.42. The minimum absolute atomic E-state index is 0.186. The SMILES string of the molecule is Cc1cc(F)ccc1-c1noc(C(C)CCCN)n1. The predicted molar refractivity (Wildman–Crippen MR) is 71.1 cm³/mol. The molecule has 0 aliphatic rings. The van der Waals surface area contributed by atoms with Gasteiger partial charge >= 0.3 is 0 Å². The van der Waals surface area contributed by atoms with Crippen molar-refractivity contribution in [3.05, 3.63) is 35.5 Å². The van der Waals surface area contributed by atoms with Crippen LogP contribution in [0.3, 0.4) is 0 Å². The van der Waals surface area contributed by atoms with Gasteiger partial charge in [0.1, 0.15) is 5.82 Å². The molecule has 1 unspecified atom stereocenters. The number of halogens is 1. The van der Waals surface area contributed by atoms with Gasteiger partial charge in [-0.2, -0.15) is 4.98 Å². The number of aromatic nitrogens is 2. The van der Waals surface area contributed by atoms with Crippen molar-refractivity contribution < 1.29 is 8.91 Å². The molecule has 1 heterocycles. The van der Waals surface area contributed by atoms with E-state index in [1.807, 2.05) is 13.8 Å². The van der Waals surface area contributed by atoms with Gasteiger partial charge < -0.3 is 10.3 Å². The van der Waals surface area contributed by atoms with Crippen molar-refractivity contribution >= 4 is 0 Å². The van der Waals surface area contributed by atoms with Crippen molar-refractivity contribution in [2.75, 3.05) is 6.54 Å². The van der Waals surface area contributed by atoms with Crippen LogP contribution in [0.25, 0.3) is 11.4 Å². The zero-order valence-electron chi connectivity index (χ0n) is 11.2. The van der Waals surface area contributed by atoms with Crippen molar-refractivity contribution in [1.29, 1.82) is 0 Å². The van der Waals surface area contributed by atoms with Crippen molar-refractivity contribution in [3.63, 3.8) is 0 Å². The third-order valence-corrected chi connectivity index (χ3v) is 3.13. The van der Waals surface area contributed by atoms with Gasteiger partial charge in [-0.15, -0.1) is 0 Å². The predicted octanol–water partition coefficient (Wildman–Crippen LogP) is 3.03. The Kier molecular flexibility index (Phi) is 4.27. The van der Waals surface area contributed by atoms with E-state index in [1.165, 1.54) is 12.1 Å². The normalized spacial score (nSPS) is 12.6. The van der Waals surface area contributed by atoms with Crippen molar-refractivity contribution in [1.82, 2.24) is 10.1 Å². The average Bonchev–Trinajstić information content (AvgIpc) is 2.85. The Hall–Kier alpha value is -1.75. The fourth-order valence-corrected chi connectivity index (χ4v) is 1.97. The molecule has 19 heavy (non-hydrogen) atoms. The van der Waals surface area contributed by atoms with Gasteiger partial charge in [0.15, 0.2) is 0 Å². The topological polar surface area (TPSA) is 64.9 Å². The molecule has 1 atom stereocenters. The molecule has 0 spiro atoms. The Balaban J connectivity index is 2.20. The summed E-state index contributed by atoms with van der Waals surface area (Å²) in [6, 6.07) is 4.53. The zero-order valence-corrected chi connectivity index (χ0v) is 11.2. The number of nitrogens with two attached hydrogens (primary N) is 1. The Morgan fingerprint density at radius 2 is 2.21 bits per heavy atom. The van der Waals surface area contributed by atoms with Crippen LogP contribution in [0.5, 0.6) is 0 Å². The lowest BCUT2D eigenvalue weighted by molar-refractivity contribution is 0.352. The highest BCUT2D eigenvalue weighted by Gasteiger charge is 2.16. The first-order valence-corrected chi connectivity index (χ1v) is 6.42. The van der Waals surface area contributed by atoms with Crippen LogP contribution in [0, 0.1) is 12.7 Å². The molecule has 0 amide bonds. The molecule has 0 aliphatic carbocycles. The van der Waals surface area contributed by atoms with Gasteiger partial charge in [0.25, 0.3) is 0 Å². The van der Waals surface area contributed by atoms with Gasteiger partial charge in [-0.1, -0.05) is 12.1 Å². The molecule has 1 aromatic heterocycles. The van der Waals surface area contributed by atoms with Gasteiger partial charge in [-0.05, 0) is 50.1 Å². The highest BCUT2D eigenvalue weighted by Crippen LogP contribution is 2.25. The maximum absolute atomic E-state index is 13.1. The van der Waals surface area contributed by atoms with Crippen LogP contribution < -0.4 is 5.73 Å². The van der Waals surface area contributed by atoms with E-state index in [9.17, 15) is 4.39 Å². The molecule has 0 aliphatic heterocycles. The molecule has 0 fully saturated rings. The first kappa shape index (κ1) is 13.7. The average molecular weight is 263 g/mol. The number of nitrogens with zero attached hydrogens (tertiary/aromatic N) is 2. The number of rotatable bonds is 5. The van der Waals surface area contributed by atoms with Gasteiger partial charge in [-0.25, -0.2) is 4.39 Å². The third kappa shape index (κ3) is 3.17. The number of hydrogen-bond acceptors (Lipinski definition) is 4. The Labute approximate surface area is 111 Å². The third-order valence-electron chi connectivity index (χ3n) is 3.13. The molecular formula is C14H18FN3O. The second-order valence-corrected chi connectivity index (χ2v) is 4.75. The minimum Gasteiger partial charge on any atom is -0.339 e. The van der Waals surface area contributed by atoms with Crippen LogP contribution in [0.1, 0.15) is 37.1 Å². The van der Waals surface area contributed by atoms with Crippen LogP contribution in [0.2, 0.25) is 0 Å². The van der Waals surface area contributed by atoms with Crippen LogP contribution >= 0.6 is 0 Å². The maximum atomic E-state index is 13.1. The first-order chi connectivity index (χ1) is 9.11. The summed E-state index contributed by atoms with van der Waals surface area (Å²) in [4.78, 5) is 4.38. The summed E-state index contributed by atoms with van der Waals surface area (Å²) in [5.41, 5.74) is 7.07. The Morgan fingerprint density at radius 3 is 2.89 bits per heavy atom. The molecule has 0 saturated carbocycles. The molecule has 4 nitrogen and oxygen atoms in total. The van der Waals surface area contributed by atoms with E-state index < -0.39 is 0 Å². The molecule has 1 aromatic carbocycles. The van der Waals surface area contributed by atoms with Crippen molar-refractivity contribution in [3.8, 4) is 11.4 Å². The Morgan fingerprint density at radius 1 is 1.42 bits per heavy atom. The minimum atomic E-state index is -0.263. The quantitative estimate of drug-likeness (QED) is 0.900. The van der Waals surface area contributed by atoms with E-state index in [0.29, 0.717) is 18.3 Å². The van der Waals surface area contributed by atoms with Crippen LogP contribution in [0.15, 0.2) is 22.7 Å². The summed E-state index contributed by atoms with van der Waals surface area (Å²) in [7, 11) is 0. The summed E-state index contributed by atoms with van der Waals surface area (Å²) in [6.45, 7) is 4.51. The van der Waals surface area contributed by atoms with Crippen molar-refractivity contribution in [2.24, 2.45) is 5.73 Å². The monoisotopic (exact) mass is 263 g/mol. The highest BCUT2D eigenvalue weighted by molar-refractivity contribution is 5.59. The largest absolute Gasteiger partial charge is 0.339 e. The lowest BCUT2D eigenvalue weighted by Crippen LogP contribution is -2.02. The lowest BCUT2D eigenvalue weighted by Gasteiger charge is -2.03.